The molecule has 0 saturated heterocycles. The zero-order chi connectivity index (χ0) is 19.8. The second-order valence-electron chi connectivity index (χ2n) is 5.97. The Labute approximate surface area is 163 Å². The minimum absolute atomic E-state index is 0.110. The maximum absolute atomic E-state index is 12.1. The molecule has 2 amide bonds. The molecule has 0 fully saturated rings. The van der Waals surface area contributed by atoms with E-state index in [0.717, 1.165) is 11.1 Å². The van der Waals surface area contributed by atoms with Crippen LogP contribution in [0.5, 0.6) is 11.5 Å². The van der Waals surface area contributed by atoms with E-state index in [0.29, 0.717) is 35.2 Å². The Morgan fingerprint density at radius 1 is 1.04 bits per heavy atom. The van der Waals surface area contributed by atoms with Gasteiger partial charge in [0.1, 0.15) is 11.5 Å². The highest BCUT2D eigenvalue weighted by atomic mass is 35.5. The minimum atomic E-state index is -0.271. The predicted octanol–water partition coefficient (Wildman–Crippen LogP) is 2.89. The number of halogens is 1. The molecule has 2 aromatic rings. The summed E-state index contributed by atoms with van der Waals surface area (Å²) in [5, 5.41) is 6.12. The molecule has 0 saturated carbocycles. The van der Waals surface area contributed by atoms with Gasteiger partial charge in [0.2, 0.25) is 0 Å². The molecule has 2 rings (SSSR count). The highest BCUT2D eigenvalue weighted by Crippen LogP contribution is 2.25. The Morgan fingerprint density at radius 2 is 1.67 bits per heavy atom. The van der Waals surface area contributed by atoms with E-state index in [1.807, 2.05) is 13.8 Å². The van der Waals surface area contributed by atoms with Crippen LogP contribution in [-0.4, -0.2) is 38.6 Å². The SMILES string of the molecule is COc1ccccc1C(=O)NCCNC(=O)COc1cc(C)c(Cl)c(C)c1. The summed E-state index contributed by atoms with van der Waals surface area (Å²) < 4.78 is 10.6. The molecule has 0 aliphatic heterocycles. The van der Waals surface area contributed by atoms with Crippen LogP contribution in [0.1, 0.15) is 21.5 Å². The lowest BCUT2D eigenvalue weighted by Crippen LogP contribution is -2.36. The Balaban J connectivity index is 1.72. The van der Waals surface area contributed by atoms with Crippen molar-refractivity contribution in [1.82, 2.24) is 10.6 Å². The predicted molar refractivity (Wildman–Crippen MR) is 105 cm³/mol. The van der Waals surface area contributed by atoms with Crippen LogP contribution in [0.25, 0.3) is 0 Å². The molecule has 0 atom stereocenters. The van der Waals surface area contributed by atoms with Crippen LogP contribution in [-0.2, 0) is 4.79 Å². The number of amides is 2. The molecule has 27 heavy (non-hydrogen) atoms. The summed E-state index contributed by atoms with van der Waals surface area (Å²) in [7, 11) is 1.51. The number of carbonyl (C=O) groups excluding carboxylic acids is 2. The van der Waals surface area contributed by atoms with E-state index in [4.69, 9.17) is 21.1 Å². The van der Waals surface area contributed by atoms with Crippen molar-refractivity contribution in [3.05, 3.63) is 58.1 Å². The fraction of sp³-hybridized carbons (Fsp3) is 0.300. The number of rotatable bonds is 8. The molecule has 2 aromatic carbocycles. The summed E-state index contributed by atoms with van der Waals surface area (Å²) in [5.74, 6) is 0.562. The van der Waals surface area contributed by atoms with Crippen LogP contribution in [0.15, 0.2) is 36.4 Å². The first kappa shape index (κ1) is 20.6. The fourth-order valence-electron chi connectivity index (χ4n) is 2.49. The molecule has 0 aliphatic carbocycles. The third kappa shape index (κ3) is 5.89. The van der Waals surface area contributed by atoms with Gasteiger partial charge in [-0.25, -0.2) is 0 Å². The molecule has 0 aliphatic rings. The first-order valence-corrected chi connectivity index (χ1v) is 8.87. The standard InChI is InChI=1S/C20H23ClN2O4/c1-13-10-15(11-14(2)19(13)21)27-12-18(24)22-8-9-23-20(25)16-6-4-5-7-17(16)26-3/h4-7,10-11H,8-9,12H2,1-3H3,(H,22,24)(H,23,25). The van der Waals surface area contributed by atoms with Crippen LogP contribution in [0.3, 0.4) is 0 Å². The number of nitrogens with one attached hydrogen (secondary N) is 2. The molecule has 0 aromatic heterocycles. The van der Waals surface area contributed by atoms with Gasteiger partial charge in [-0.15, -0.1) is 0 Å². The average molecular weight is 391 g/mol. The van der Waals surface area contributed by atoms with Crippen LogP contribution >= 0.6 is 11.6 Å². The highest BCUT2D eigenvalue weighted by Gasteiger charge is 2.11. The highest BCUT2D eigenvalue weighted by molar-refractivity contribution is 6.32. The van der Waals surface area contributed by atoms with Gasteiger partial charge >= 0.3 is 0 Å². The first-order chi connectivity index (χ1) is 12.9. The number of methoxy groups -OCH3 is 1. The van der Waals surface area contributed by atoms with Gasteiger partial charge in [-0.2, -0.15) is 0 Å². The van der Waals surface area contributed by atoms with Crippen LogP contribution in [0, 0.1) is 13.8 Å². The number of aryl methyl sites for hydroxylation is 2. The number of benzene rings is 2. The normalized spacial score (nSPS) is 10.2. The molecule has 0 unspecified atom stereocenters. The number of hydrogen-bond acceptors (Lipinski definition) is 4. The topological polar surface area (TPSA) is 76.7 Å². The second-order valence-corrected chi connectivity index (χ2v) is 6.34. The van der Waals surface area contributed by atoms with E-state index in [9.17, 15) is 9.59 Å². The smallest absolute Gasteiger partial charge is 0.258 e. The van der Waals surface area contributed by atoms with E-state index >= 15 is 0 Å². The number of carbonyl (C=O) groups is 2. The first-order valence-electron chi connectivity index (χ1n) is 8.50. The summed E-state index contributed by atoms with van der Waals surface area (Å²) in [6.07, 6.45) is 0. The maximum atomic E-state index is 12.1. The van der Waals surface area contributed by atoms with E-state index in [1.165, 1.54) is 7.11 Å². The molecule has 144 valence electrons. The van der Waals surface area contributed by atoms with Crippen molar-refractivity contribution in [2.75, 3.05) is 26.8 Å². The Bertz CT molecular complexity index is 800. The van der Waals surface area contributed by atoms with Gasteiger partial charge in [-0.3, -0.25) is 9.59 Å². The molecule has 2 N–H and O–H groups in total. The molecule has 7 heteroatoms. The summed E-state index contributed by atoms with van der Waals surface area (Å²) in [6.45, 7) is 4.24. The van der Waals surface area contributed by atoms with Crippen molar-refractivity contribution in [2.45, 2.75) is 13.8 Å². The summed E-state index contributed by atoms with van der Waals surface area (Å²) in [6, 6.07) is 10.5. The van der Waals surface area contributed by atoms with Gasteiger partial charge in [-0.05, 0) is 49.2 Å². The van der Waals surface area contributed by atoms with Gasteiger partial charge in [0.15, 0.2) is 6.61 Å². The van der Waals surface area contributed by atoms with E-state index in [1.54, 1.807) is 36.4 Å². The van der Waals surface area contributed by atoms with Crippen LogP contribution < -0.4 is 20.1 Å². The zero-order valence-corrected chi connectivity index (χ0v) is 16.4. The lowest BCUT2D eigenvalue weighted by atomic mass is 10.1. The molecule has 6 nitrogen and oxygen atoms in total. The second kappa shape index (κ2) is 9.83. The third-order valence-corrected chi connectivity index (χ3v) is 4.46. The van der Waals surface area contributed by atoms with Gasteiger partial charge in [0.05, 0.1) is 12.7 Å². The molecule has 0 radical (unpaired) electrons. The van der Waals surface area contributed by atoms with Gasteiger partial charge in [-0.1, -0.05) is 23.7 Å². The van der Waals surface area contributed by atoms with E-state index < -0.39 is 0 Å². The quantitative estimate of drug-likeness (QED) is 0.679. The van der Waals surface area contributed by atoms with Crippen molar-refractivity contribution in [2.24, 2.45) is 0 Å². The van der Waals surface area contributed by atoms with Crippen molar-refractivity contribution >= 4 is 23.4 Å². The average Bonchev–Trinajstić information content (AvgIpc) is 2.67. The minimum Gasteiger partial charge on any atom is -0.496 e. The van der Waals surface area contributed by atoms with Gasteiger partial charge in [0.25, 0.3) is 11.8 Å². The fourth-order valence-corrected chi connectivity index (χ4v) is 2.60. The molecule has 0 heterocycles. The third-order valence-electron chi connectivity index (χ3n) is 3.86. The number of hydrogen-bond donors (Lipinski definition) is 2. The lowest BCUT2D eigenvalue weighted by Gasteiger charge is -2.11. The maximum Gasteiger partial charge on any atom is 0.258 e. The summed E-state index contributed by atoms with van der Waals surface area (Å²) >= 11 is 6.11. The van der Waals surface area contributed by atoms with Crippen molar-refractivity contribution < 1.29 is 19.1 Å². The van der Waals surface area contributed by atoms with Crippen LogP contribution in [0.2, 0.25) is 5.02 Å². The van der Waals surface area contributed by atoms with Crippen molar-refractivity contribution in [3.8, 4) is 11.5 Å². The van der Waals surface area contributed by atoms with Gasteiger partial charge in [0, 0.05) is 18.1 Å². The Kier molecular flexibility index (Phi) is 7.49. The summed E-state index contributed by atoms with van der Waals surface area (Å²) in [4.78, 5) is 24.0. The Hall–Kier alpha value is -2.73. The van der Waals surface area contributed by atoms with E-state index in [-0.39, 0.29) is 18.4 Å². The summed E-state index contributed by atoms with van der Waals surface area (Å²) in [5.41, 5.74) is 2.24. The van der Waals surface area contributed by atoms with Crippen molar-refractivity contribution in [3.63, 3.8) is 0 Å². The zero-order valence-electron chi connectivity index (χ0n) is 15.6. The molecular weight excluding hydrogens is 368 g/mol. The van der Waals surface area contributed by atoms with Crippen LogP contribution in [0.4, 0.5) is 0 Å². The number of ether oxygens (including phenoxy) is 2. The molecule has 0 spiro atoms. The lowest BCUT2D eigenvalue weighted by molar-refractivity contribution is -0.123. The monoisotopic (exact) mass is 390 g/mol. The molecular formula is C20H23ClN2O4. The largest absolute Gasteiger partial charge is 0.496 e. The molecule has 0 bridgehead atoms. The Morgan fingerprint density at radius 3 is 2.33 bits per heavy atom. The number of para-hydroxylation sites is 1. The van der Waals surface area contributed by atoms with E-state index in [2.05, 4.69) is 10.6 Å². The van der Waals surface area contributed by atoms with Gasteiger partial charge < -0.3 is 20.1 Å². The van der Waals surface area contributed by atoms with Crippen molar-refractivity contribution in [1.29, 1.82) is 0 Å².